The third-order valence-corrected chi connectivity index (χ3v) is 2.50. The highest BCUT2D eigenvalue weighted by Gasteiger charge is 2.60. The van der Waals surface area contributed by atoms with Crippen LogP contribution in [0.4, 0.5) is 13.2 Å². The fourth-order valence-corrected chi connectivity index (χ4v) is 1.57. The number of hydrogen-bond donors (Lipinski definition) is 2. The number of aliphatic hydroxyl groups is 1. The molecule has 2 atom stereocenters. The molecule has 0 radical (unpaired) electrons. The van der Waals surface area contributed by atoms with E-state index >= 15 is 0 Å². The second kappa shape index (κ2) is 3.73. The monoisotopic (exact) mass is 233 g/mol. The van der Waals surface area contributed by atoms with Crippen molar-refractivity contribution < 1.29 is 23.1 Å². The fraction of sp³-hybridized carbons (Fsp3) is 0.400. The summed E-state index contributed by atoms with van der Waals surface area (Å²) in [6, 6.07) is 7.86. The molecule has 0 spiro atoms. The van der Waals surface area contributed by atoms with Gasteiger partial charge in [-0.25, -0.2) is 0 Å². The Morgan fingerprint density at radius 3 is 2.44 bits per heavy atom. The summed E-state index contributed by atoms with van der Waals surface area (Å²) < 4.78 is 37.3. The van der Waals surface area contributed by atoms with Crippen LogP contribution in [0.3, 0.4) is 0 Å². The quantitative estimate of drug-likeness (QED) is 0.778. The van der Waals surface area contributed by atoms with Crippen molar-refractivity contribution in [2.24, 2.45) is 0 Å². The van der Waals surface area contributed by atoms with E-state index in [1.807, 2.05) is 0 Å². The number of hydroxylamine groups is 1. The van der Waals surface area contributed by atoms with Gasteiger partial charge in [0.15, 0.2) is 0 Å². The highest BCUT2D eigenvalue weighted by Crippen LogP contribution is 2.41. The van der Waals surface area contributed by atoms with E-state index in [1.54, 1.807) is 30.3 Å². The van der Waals surface area contributed by atoms with Crippen LogP contribution < -0.4 is 5.48 Å². The Balaban J connectivity index is 2.15. The van der Waals surface area contributed by atoms with E-state index in [0.717, 1.165) is 0 Å². The van der Waals surface area contributed by atoms with Crippen molar-refractivity contribution in [2.45, 2.75) is 24.4 Å². The standard InChI is InChI=1S/C10H10F3NO2/c11-10(12,13)9(15)6-8(14-16-9)7-4-2-1-3-5-7/h1-5,8,14-15H,6H2. The van der Waals surface area contributed by atoms with Crippen LogP contribution in [-0.2, 0) is 4.84 Å². The van der Waals surface area contributed by atoms with Crippen molar-refractivity contribution in [1.82, 2.24) is 5.48 Å². The first-order valence-electron chi connectivity index (χ1n) is 4.70. The van der Waals surface area contributed by atoms with Crippen molar-refractivity contribution in [1.29, 1.82) is 0 Å². The summed E-state index contributed by atoms with van der Waals surface area (Å²) in [4.78, 5) is 4.25. The average Bonchev–Trinajstić information content (AvgIpc) is 2.63. The van der Waals surface area contributed by atoms with Gasteiger partial charge in [0.2, 0.25) is 0 Å². The highest BCUT2D eigenvalue weighted by molar-refractivity contribution is 5.19. The number of alkyl halides is 3. The van der Waals surface area contributed by atoms with Crippen LogP contribution >= 0.6 is 0 Å². The molecule has 2 N–H and O–H groups in total. The Kier molecular flexibility index (Phi) is 2.65. The van der Waals surface area contributed by atoms with Crippen LogP contribution in [0.1, 0.15) is 18.0 Å². The molecule has 0 bridgehead atoms. The maximum absolute atomic E-state index is 12.4. The highest BCUT2D eigenvalue weighted by atomic mass is 19.4. The first kappa shape index (κ1) is 11.4. The molecule has 2 unspecified atom stereocenters. The largest absolute Gasteiger partial charge is 0.444 e. The average molecular weight is 233 g/mol. The third-order valence-electron chi connectivity index (χ3n) is 2.50. The van der Waals surface area contributed by atoms with Crippen LogP contribution in [0.25, 0.3) is 0 Å². The molecule has 0 aliphatic carbocycles. The Bertz CT molecular complexity index is 368. The minimum absolute atomic E-state index is 0.555. The molecule has 0 aromatic heterocycles. The Hall–Kier alpha value is -1.11. The predicted molar refractivity (Wildman–Crippen MR) is 49.0 cm³/mol. The van der Waals surface area contributed by atoms with Crippen molar-refractivity contribution >= 4 is 0 Å². The zero-order valence-electron chi connectivity index (χ0n) is 8.16. The smallest absolute Gasteiger partial charge is 0.357 e. The number of benzene rings is 1. The summed E-state index contributed by atoms with van der Waals surface area (Å²) in [5.41, 5.74) is 2.84. The van der Waals surface area contributed by atoms with Crippen molar-refractivity contribution in [2.75, 3.05) is 0 Å². The van der Waals surface area contributed by atoms with Gasteiger partial charge in [0.1, 0.15) is 0 Å². The lowest BCUT2D eigenvalue weighted by Gasteiger charge is -2.22. The summed E-state index contributed by atoms with van der Waals surface area (Å²) in [6.07, 6.45) is -5.36. The predicted octanol–water partition coefficient (Wildman–Crippen LogP) is 1.90. The Morgan fingerprint density at radius 2 is 1.94 bits per heavy atom. The molecule has 1 aliphatic heterocycles. The van der Waals surface area contributed by atoms with Crippen molar-refractivity contribution in [3.63, 3.8) is 0 Å². The Labute approximate surface area is 89.8 Å². The molecule has 1 heterocycles. The minimum Gasteiger partial charge on any atom is -0.357 e. The van der Waals surface area contributed by atoms with Crippen molar-refractivity contribution in [3.8, 4) is 0 Å². The van der Waals surface area contributed by atoms with E-state index in [2.05, 4.69) is 10.3 Å². The van der Waals surface area contributed by atoms with Crippen LogP contribution in [0.15, 0.2) is 30.3 Å². The Morgan fingerprint density at radius 1 is 1.31 bits per heavy atom. The van der Waals surface area contributed by atoms with Gasteiger partial charge in [0, 0.05) is 6.42 Å². The molecule has 3 nitrogen and oxygen atoms in total. The molecule has 0 saturated carbocycles. The zero-order chi connectivity index (χ0) is 11.8. The van der Waals surface area contributed by atoms with Gasteiger partial charge in [-0.15, -0.1) is 0 Å². The first-order chi connectivity index (χ1) is 7.42. The van der Waals surface area contributed by atoms with Gasteiger partial charge in [-0.3, -0.25) is 4.84 Å². The SMILES string of the molecule is OC1(C(F)(F)F)CC(c2ccccc2)NO1. The maximum Gasteiger partial charge on any atom is 0.444 e. The van der Waals surface area contributed by atoms with E-state index in [1.165, 1.54) is 0 Å². The molecule has 6 heteroatoms. The van der Waals surface area contributed by atoms with Crippen molar-refractivity contribution in [3.05, 3.63) is 35.9 Å². The van der Waals surface area contributed by atoms with Gasteiger partial charge in [-0.05, 0) is 5.56 Å². The molecule has 1 saturated heterocycles. The fourth-order valence-electron chi connectivity index (χ4n) is 1.57. The second-order valence-corrected chi connectivity index (χ2v) is 3.67. The van der Waals surface area contributed by atoms with E-state index in [4.69, 9.17) is 0 Å². The molecular formula is C10H10F3NO2. The van der Waals surface area contributed by atoms with Gasteiger partial charge in [0.25, 0.3) is 5.79 Å². The molecule has 0 amide bonds. The summed E-state index contributed by atoms with van der Waals surface area (Å²) >= 11 is 0. The maximum atomic E-state index is 12.4. The molecule has 1 aromatic rings. The van der Waals surface area contributed by atoms with Crippen LogP contribution in [0.5, 0.6) is 0 Å². The first-order valence-corrected chi connectivity index (χ1v) is 4.70. The summed E-state index contributed by atoms with van der Waals surface area (Å²) in [5.74, 6) is -3.10. The molecular weight excluding hydrogens is 223 g/mol. The molecule has 1 aromatic carbocycles. The molecule has 2 rings (SSSR count). The topological polar surface area (TPSA) is 41.5 Å². The van der Waals surface area contributed by atoms with Gasteiger partial charge in [-0.1, -0.05) is 30.3 Å². The summed E-state index contributed by atoms with van der Waals surface area (Å²) in [5, 5.41) is 9.25. The number of hydrogen-bond acceptors (Lipinski definition) is 3. The van der Waals surface area contributed by atoms with E-state index < -0.39 is 24.4 Å². The number of rotatable bonds is 1. The van der Waals surface area contributed by atoms with Gasteiger partial charge >= 0.3 is 6.18 Å². The van der Waals surface area contributed by atoms with E-state index in [9.17, 15) is 18.3 Å². The van der Waals surface area contributed by atoms with Crippen LogP contribution in [0.2, 0.25) is 0 Å². The summed E-state index contributed by atoms with van der Waals surface area (Å²) in [7, 11) is 0. The van der Waals surface area contributed by atoms with Crippen LogP contribution in [-0.4, -0.2) is 17.1 Å². The van der Waals surface area contributed by atoms with E-state index in [0.29, 0.717) is 5.56 Å². The lowest BCUT2D eigenvalue weighted by Crippen LogP contribution is -2.45. The van der Waals surface area contributed by atoms with E-state index in [-0.39, 0.29) is 0 Å². The van der Waals surface area contributed by atoms with Gasteiger partial charge in [-0.2, -0.15) is 18.7 Å². The molecule has 1 fully saturated rings. The molecule has 1 aliphatic rings. The second-order valence-electron chi connectivity index (χ2n) is 3.67. The minimum atomic E-state index is -4.80. The van der Waals surface area contributed by atoms with Gasteiger partial charge in [0.05, 0.1) is 6.04 Å². The lowest BCUT2D eigenvalue weighted by molar-refractivity contribution is -0.361. The normalized spacial score (nSPS) is 30.6. The lowest BCUT2D eigenvalue weighted by atomic mass is 10.0. The number of nitrogens with one attached hydrogen (secondary N) is 1. The van der Waals surface area contributed by atoms with Gasteiger partial charge < -0.3 is 5.11 Å². The summed E-state index contributed by atoms with van der Waals surface area (Å²) in [6.45, 7) is 0. The zero-order valence-corrected chi connectivity index (χ0v) is 8.16. The van der Waals surface area contributed by atoms with Crippen LogP contribution in [0, 0.1) is 0 Å². The molecule has 16 heavy (non-hydrogen) atoms. The number of halogens is 3. The third kappa shape index (κ3) is 1.91. The molecule has 88 valence electrons.